The number of rotatable bonds is 4. The van der Waals surface area contributed by atoms with Crippen LogP contribution in [-0.2, 0) is 24.3 Å². The van der Waals surface area contributed by atoms with E-state index in [0.717, 1.165) is 27.9 Å². The number of benzene rings is 2. The van der Waals surface area contributed by atoms with Gasteiger partial charge in [-0.3, -0.25) is 30.3 Å². The lowest BCUT2D eigenvalue weighted by Gasteiger charge is -2.40. The fraction of sp³-hybridized carbons (Fsp3) is 0.280. The molecule has 0 bridgehead atoms. The molecule has 5 rings (SSSR count). The number of fused-ring (bicyclic) bond motifs is 2. The number of pyridine rings is 1. The predicted octanol–water partition coefficient (Wildman–Crippen LogP) is 3.15. The van der Waals surface area contributed by atoms with Gasteiger partial charge in [-0.15, -0.1) is 0 Å². The second-order valence-corrected chi connectivity index (χ2v) is 9.08. The molecular weight excluding hydrogens is 434 g/mol. The Hall–Kier alpha value is -4.14. The van der Waals surface area contributed by atoms with Gasteiger partial charge in [-0.25, -0.2) is 4.79 Å². The van der Waals surface area contributed by atoms with Gasteiger partial charge in [-0.1, -0.05) is 36.4 Å². The van der Waals surface area contributed by atoms with Gasteiger partial charge in [-0.2, -0.15) is 0 Å². The molecule has 174 valence electrons. The van der Waals surface area contributed by atoms with Crippen molar-refractivity contribution in [1.29, 1.82) is 0 Å². The number of hydrogen-bond donors (Lipinski definition) is 3. The van der Waals surface area contributed by atoms with Crippen molar-refractivity contribution in [1.82, 2.24) is 20.2 Å². The Morgan fingerprint density at radius 3 is 2.62 bits per heavy atom. The van der Waals surface area contributed by atoms with Crippen LogP contribution in [0.15, 0.2) is 48.5 Å². The lowest BCUT2D eigenvalue weighted by Crippen LogP contribution is -2.58. The van der Waals surface area contributed by atoms with Crippen molar-refractivity contribution in [2.24, 2.45) is 0 Å². The van der Waals surface area contributed by atoms with Crippen LogP contribution in [0.25, 0.3) is 10.9 Å². The molecule has 1 aromatic heterocycles. The first-order valence-electron chi connectivity index (χ1n) is 11.1. The molecule has 34 heavy (non-hydrogen) atoms. The van der Waals surface area contributed by atoms with Crippen LogP contribution in [0.4, 0.5) is 10.5 Å². The molecule has 2 aromatic carbocycles. The third kappa shape index (κ3) is 3.49. The Kier molecular flexibility index (Phi) is 5.11. The molecule has 3 N–H and O–H groups in total. The summed E-state index contributed by atoms with van der Waals surface area (Å²) in [5.74, 6) is -0.483. The summed E-state index contributed by atoms with van der Waals surface area (Å²) in [7, 11) is 0. The van der Waals surface area contributed by atoms with Crippen molar-refractivity contribution < 1.29 is 19.5 Å². The van der Waals surface area contributed by atoms with Gasteiger partial charge in [0.15, 0.2) is 0 Å². The number of nitrogens with one attached hydrogen (secondary N) is 2. The van der Waals surface area contributed by atoms with E-state index in [2.05, 4.69) is 10.9 Å². The summed E-state index contributed by atoms with van der Waals surface area (Å²) in [6.45, 7) is 4.08. The van der Waals surface area contributed by atoms with E-state index in [9.17, 15) is 19.5 Å². The van der Waals surface area contributed by atoms with Crippen molar-refractivity contribution in [2.45, 2.75) is 38.9 Å². The summed E-state index contributed by atoms with van der Waals surface area (Å²) in [4.78, 5) is 45.6. The van der Waals surface area contributed by atoms with E-state index in [1.54, 1.807) is 30.9 Å². The Bertz CT molecular complexity index is 1320. The van der Waals surface area contributed by atoms with Crippen LogP contribution in [0.1, 0.15) is 41.0 Å². The summed E-state index contributed by atoms with van der Waals surface area (Å²) < 4.78 is 0. The van der Waals surface area contributed by atoms with E-state index >= 15 is 0 Å². The van der Waals surface area contributed by atoms with Gasteiger partial charge >= 0.3 is 6.09 Å². The zero-order chi connectivity index (χ0) is 24.0. The van der Waals surface area contributed by atoms with E-state index in [-0.39, 0.29) is 24.9 Å². The Labute approximate surface area is 196 Å². The molecule has 0 saturated carbocycles. The molecule has 0 fully saturated rings. The SMILES string of the molecule is CC(C)(C(=O)N1CCc2c(nc3cccc4c3c2NNC4=O)C1)N(Cc1ccccc1)C(=O)O. The fourth-order valence-electron chi connectivity index (χ4n) is 4.77. The van der Waals surface area contributed by atoms with Crippen molar-refractivity contribution in [3.63, 3.8) is 0 Å². The Morgan fingerprint density at radius 1 is 1.12 bits per heavy atom. The van der Waals surface area contributed by atoms with Gasteiger partial charge in [0.2, 0.25) is 5.91 Å². The van der Waals surface area contributed by atoms with Crippen LogP contribution in [0.3, 0.4) is 0 Å². The number of hydrazine groups is 1. The van der Waals surface area contributed by atoms with Crippen LogP contribution in [-0.4, -0.2) is 49.9 Å². The molecule has 9 nitrogen and oxygen atoms in total. The van der Waals surface area contributed by atoms with E-state index in [4.69, 9.17) is 4.98 Å². The first-order chi connectivity index (χ1) is 16.3. The van der Waals surface area contributed by atoms with E-state index in [1.165, 1.54) is 4.90 Å². The minimum Gasteiger partial charge on any atom is -0.465 e. The number of anilines is 1. The highest BCUT2D eigenvalue weighted by Gasteiger charge is 2.42. The third-order valence-electron chi connectivity index (χ3n) is 6.62. The summed E-state index contributed by atoms with van der Waals surface area (Å²) in [6, 6.07) is 14.6. The van der Waals surface area contributed by atoms with Crippen LogP contribution in [0.2, 0.25) is 0 Å². The smallest absolute Gasteiger partial charge is 0.408 e. The predicted molar refractivity (Wildman–Crippen MR) is 126 cm³/mol. The van der Waals surface area contributed by atoms with Gasteiger partial charge in [0.1, 0.15) is 5.54 Å². The first kappa shape index (κ1) is 21.7. The number of amides is 3. The molecule has 2 aliphatic rings. The summed E-state index contributed by atoms with van der Waals surface area (Å²) >= 11 is 0. The molecule has 0 unspecified atom stereocenters. The Balaban J connectivity index is 1.45. The van der Waals surface area contributed by atoms with Gasteiger partial charge in [-0.05, 0) is 38.0 Å². The molecule has 0 atom stereocenters. The summed E-state index contributed by atoms with van der Waals surface area (Å²) in [5, 5.41) is 10.7. The van der Waals surface area contributed by atoms with Crippen LogP contribution < -0.4 is 10.9 Å². The number of carbonyl (C=O) groups excluding carboxylic acids is 2. The summed E-state index contributed by atoms with van der Waals surface area (Å²) in [5.41, 5.74) is 9.00. The molecule has 3 aromatic rings. The Morgan fingerprint density at radius 2 is 1.88 bits per heavy atom. The first-order valence-corrected chi connectivity index (χ1v) is 11.1. The fourth-order valence-corrected chi connectivity index (χ4v) is 4.77. The molecule has 2 aliphatic heterocycles. The molecule has 0 saturated heterocycles. The summed E-state index contributed by atoms with van der Waals surface area (Å²) in [6.07, 6.45) is -0.612. The highest BCUT2D eigenvalue weighted by molar-refractivity contribution is 6.14. The zero-order valence-corrected chi connectivity index (χ0v) is 19.0. The van der Waals surface area contributed by atoms with E-state index in [0.29, 0.717) is 24.0 Å². The van der Waals surface area contributed by atoms with Crippen LogP contribution in [0, 0.1) is 0 Å². The average molecular weight is 460 g/mol. The molecule has 0 radical (unpaired) electrons. The number of nitrogens with zero attached hydrogens (tertiary/aromatic N) is 3. The number of hydrogen-bond acceptors (Lipinski definition) is 5. The van der Waals surface area contributed by atoms with E-state index < -0.39 is 11.6 Å². The van der Waals surface area contributed by atoms with Gasteiger partial charge in [0.25, 0.3) is 5.91 Å². The van der Waals surface area contributed by atoms with Crippen LogP contribution >= 0.6 is 0 Å². The highest BCUT2D eigenvalue weighted by atomic mass is 16.4. The van der Waals surface area contributed by atoms with Crippen molar-refractivity contribution in [3.8, 4) is 0 Å². The molecule has 0 aliphatic carbocycles. The zero-order valence-electron chi connectivity index (χ0n) is 19.0. The average Bonchev–Trinajstić information content (AvgIpc) is 2.83. The maximum Gasteiger partial charge on any atom is 0.408 e. The molecule has 3 heterocycles. The third-order valence-corrected chi connectivity index (χ3v) is 6.62. The molecule has 0 spiro atoms. The topological polar surface area (TPSA) is 115 Å². The van der Waals surface area contributed by atoms with Gasteiger partial charge in [0, 0.05) is 17.5 Å². The maximum absolute atomic E-state index is 13.6. The molecule has 9 heteroatoms. The largest absolute Gasteiger partial charge is 0.465 e. The second-order valence-electron chi connectivity index (χ2n) is 9.08. The van der Waals surface area contributed by atoms with Gasteiger partial charge < -0.3 is 10.0 Å². The molecular formula is C25H25N5O4. The van der Waals surface area contributed by atoms with Gasteiger partial charge in [0.05, 0.1) is 35.6 Å². The lowest BCUT2D eigenvalue weighted by molar-refractivity contribution is -0.143. The maximum atomic E-state index is 13.6. The lowest BCUT2D eigenvalue weighted by atomic mass is 9.94. The number of carboxylic acid groups (broad SMARTS) is 1. The second kappa shape index (κ2) is 8.02. The number of aromatic nitrogens is 1. The van der Waals surface area contributed by atoms with Crippen LogP contribution in [0.5, 0.6) is 0 Å². The minimum atomic E-state index is -1.27. The normalized spacial score (nSPS) is 14.8. The number of carbonyl (C=O) groups is 3. The standard InChI is InChI=1S/C25H25N5O4/c1-25(2,30(24(33)34)13-15-7-4-3-5-8-15)23(32)29-12-11-16-19(14-29)26-18-10-6-9-17-20(18)21(16)27-28-22(17)31/h3-10,27H,11-14H2,1-2H3,(H,28,31)(H,33,34). The minimum absolute atomic E-state index is 0.110. The van der Waals surface area contributed by atoms with Crippen molar-refractivity contribution in [3.05, 3.63) is 70.9 Å². The quantitative estimate of drug-likeness (QED) is 0.552. The monoisotopic (exact) mass is 459 g/mol. The van der Waals surface area contributed by atoms with Crippen molar-refractivity contribution in [2.75, 3.05) is 12.0 Å². The van der Waals surface area contributed by atoms with E-state index in [1.807, 2.05) is 36.4 Å². The van der Waals surface area contributed by atoms with Crippen molar-refractivity contribution >= 4 is 34.5 Å². The molecule has 3 amide bonds. The highest BCUT2D eigenvalue weighted by Crippen LogP contribution is 2.36.